The molecule has 2 N–H and O–H groups in total. The van der Waals surface area contributed by atoms with Crippen molar-refractivity contribution in [2.45, 2.75) is 31.2 Å². The number of hydrogen-bond acceptors (Lipinski definition) is 3. The van der Waals surface area contributed by atoms with Crippen molar-refractivity contribution < 1.29 is 23.0 Å². The summed E-state index contributed by atoms with van der Waals surface area (Å²) in [5, 5.41) is 12.0. The molecule has 0 aromatic carbocycles. The van der Waals surface area contributed by atoms with Crippen molar-refractivity contribution in [3.8, 4) is 0 Å². The van der Waals surface area contributed by atoms with Crippen molar-refractivity contribution in [1.82, 2.24) is 5.32 Å². The molecular formula is C8H14F3NO2. The van der Waals surface area contributed by atoms with Crippen molar-refractivity contribution >= 4 is 0 Å². The summed E-state index contributed by atoms with van der Waals surface area (Å²) in [6, 6.07) is -0.430. The van der Waals surface area contributed by atoms with Gasteiger partial charge in [0.25, 0.3) is 0 Å². The highest BCUT2D eigenvalue weighted by Crippen LogP contribution is 2.33. The molecule has 0 aromatic rings. The third-order valence-electron chi connectivity index (χ3n) is 2.25. The quantitative estimate of drug-likeness (QED) is 0.708. The number of morpholine rings is 1. The first kappa shape index (κ1) is 11.7. The summed E-state index contributed by atoms with van der Waals surface area (Å²) in [7, 11) is 0. The lowest BCUT2D eigenvalue weighted by Gasteiger charge is -2.32. The van der Waals surface area contributed by atoms with Crippen molar-refractivity contribution in [2.24, 2.45) is 0 Å². The summed E-state index contributed by atoms with van der Waals surface area (Å²) in [5.41, 5.74) is -2.65. The summed E-state index contributed by atoms with van der Waals surface area (Å²) < 4.78 is 41.8. The van der Waals surface area contributed by atoms with E-state index in [1.165, 1.54) is 0 Å². The van der Waals surface area contributed by atoms with Gasteiger partial charge in [0.15, 0.2) is 5.60 Å². The molecule has 2 unspecified atom stereocenters. The summed E-state index contributed by atoms with van der Waals surface area (Å²) in [4.78, 5) is 0. The number of hydrogen-bond donors (Lipinski definition) is 2. The van der Waals surface area contributed by atoms with Crippen LogP contribution < -0.4 is 5.32 Å². The van der Waals surface area contributed by atoms with E-state index in [9.17, 15) is 18.3 Å². The summed E-state index contributed by atoms with van der Waals surface area (Å²) in [6.45, 7) is 2.03. The van der Waals surface area contributed by atoms with Crippen molar-refractivity contribution in [3.63, 3.8) is 0 Å². The SMILES string of the molecule is CC(O)(CC1COCCN1)C(F)(F)F. The van der Waals surface area contributed by atoms with Gasteiger partial charge in [0, 0.05) is 19.0 Å². The Bertz CT molecular complexity index is 188. The fraction of sp³-hybridized carbons (Fsp3) is 1.00. The van der Waals surface area contributed by atoms with Crippen LogP contribution in [-0.2, 0) is 4.74 Å². The Morgan fingerprint density at radius 2 is 2.14 bits per heavy atom. The molecule has 1 aliphatic heterocycles. The van der Waals surface area contributed by atoms with Crippen LogP contribution in [0.2, 0.25) is 0 Å². The lowest BCUT2D eigenvalue weighted by molar-refractivity contribution is -0.258. The van der Waals surface area contributed by atoms with E-state index in [4.69, 9.17) is 4.74 Å². The molecule has 6 heteroatoms. The highest BCUT2D eigenvalue weighted by Gasteiger charge is 2.50. The van der Waals surface area contributed by atoms with E-state index in [0.29, 0.717) is 13.2 Å². The van der Waals surface area contributed by atoms with E-state index >= 15 is 0 Å². The molecule has 0 saturated carbocycles. The first-order valence-electron chi connectivity index (χ1n) is 4.43. The number of aliphatic hydroxyl groups is 1. The van der Waals surface area contributed by atoms with Gasteiger partial charge in [0.1, 0.15) is 0 Å². The van der Waals surface area contributed by atoms with E-state index < -0.39 is 17.8 Å². The van der Waals surface area contributed by atoms with Crippen LogP contribution in [0.25, 0.3) is 0 Å². The topological polar surface area (TPSA) is 41.5 Å². The van der Waals surface area contributed by atoms with Gasteiger partial charge in [-0.15, -0.1) is 0 Å². The number of nitrogens with one attached hydrogen (secondary N) is 1. The third-order valence-corrected chi connectivity index (χ3v) is 2.25. The Balaban J connectivity index is 2.49. The van der Waals surface area contributed by atoms with Gasteiger partial charge >= 0.3 is 6.18 Å². The average Bonchev–Trinajstić information content (AvgIpc) is 2.03. The molecular weight excluding hydrogens is 199 g/mol. The molecule has 0 bridgehead atoms. The maximum atomic E-state index is 12.3. The fourth-order valence-corrected chi connectivity index (χ4v) is 1.35. The predicted molar refractivity (Wildman–Crippen MR) is 43.9 cm³/mol. The molecule has 0 spiro atoms. The Kier molecular flexibility index (Phi) is 3.39. The highest BCUT2D eigenvalue weighted by molar-refractivity contribution is 4.87. The number of alkyl halides is 3. The Morgan fingerprint density at radius 1 is 1.50 bits per heavy atom. The molecule has 0 amide bonds. The molecule has 84 valence electrons. The zero-order valence-electron chi connectivity index (χ0n) is 7.90. The Hall–Kier alpha value is -0.330. The molecule has 0 radical (unpaired) electrons. The van der Waals surface area contributed by atoms with Gasteiger partial charge in [0.2, 0.25) is 0 Å². The lowest BCUT2D eigenvalue weighted by atomic mass is 9.96. The first-order chi connectivity index (χ1) is 6.33. The van der Waals surface area contributed by atoms with Crippen molar-refractivity contribution in [1.29, 1.82) is 0 Å². The lowest BCUT2D eigenvalue weighted by Crippen LogP contribution is -2.51. The normalized spacial score (nSPS) is 28.5. The highest BCUT2D eigenvalue weighted by atomic mass is 19.4. The van der Waals surface area contributed by atoms with Crippen LogP contribution in [0.1, 0.15) is 13.3 Å². The van der Waals surface area contributed by atoms with Crippen LogP contribution in [0.15, 0.2) is 0 Å². The van der Waals surface area contributed by atoms with E-state index in [0.717, 1.165) is 6.92 Å². The summed E-state index contributed by atoms with van der Waals surface area (Å²) in [6.07, 6.45) is -4.97. The van der Waals surface area contributed by atoms with Gasteiger partial charge in [-0.1, -0.05) is 0 Å². The molecule has 1 saturated heterocycles. The van der Waals surface area contributed by atoms with Crippen LogP contribution in [0.4, 0.5) is 13.2 Å². The minimum absolute atomic E-state index is 0.215. The van der Waals surface area contributed by atoms with Gasteiger partial charge in [-0.25, -0.2) is 0 Å². The molecule has 1 aliphatic rings. The average molecular weight is 213 g/mol. The Labute approximate surface area is 80.2 Å². The Morgan fingerprint density at radius 3 is 2.57 bits per heavy atom. The molecule has 14 heavy (non-hydrogen) atoms. The van der Waals surface area contributed by atoms with Gasteiger partial charge in [-0.2, -0.15) is 13.2 Å². The van der Waals surface area contributed by atoms with Crippen LogP contribution in [0.3, 0.4) is 0 Å². The van der Waals surface area contributed by atoms with Gasteiger partial charge < -0.3 is 15.2 Å². The molecule has 0 aromatic heterocycles. The van der Waals surface area contributed by atoms with E-state index in [2.05, 4.69) is 5.32 Å². The predicted octanol–water partition coefficient (Wildman–Crippen LogP) is 0.678. The minimum Gasteiger partial charge on any atom is -0.381 e. The summed E-state index contributed by atoms with van der Waals surface area (Å²) >= 11 is 0. The second kappa shape index (κ2) is 4.04. The standard InChI is InChI=1S/C8H14F3NO2/c1-7(13,8(9,10)11)4-6-5-14-3-2-12-6/h6,12-13H,2-5H2,1H3. The first-order valence-corrected chi connectivity index (χ1v) is 4.43. The number of halogens is 3. The van der Waals surface area contributed by atoms with Gasteiger partial charge in [-0.05, 0) is 6.92 Å². The van der Waals surface area contributed by atoms with Crippen LogP contribution in [0, 0.1) is 0 Å². The van der Waals surface area contributed by atoms with Crippen LogP contribution in [0.5, 0.6) is 0 Å². The maximum absolute atomic E-state index is 12.3. The van der Waals surface area contributed by atoms with Crippen LogP contribution >= 0.6 is 0 Å². The van der Waals surface area contributed by atoms with Gasteiger partial charge in [-0.3, -0.25) is 0 Å². The van der Waals surface area contributed by atoms with E-state index in [1.54, 1.807) is 0 Å². The second-order valence-electron chi connectivity index (χ2n) is 3.70. The maximum Gasteiger partial charge on any atom is 0.416 e. The van der Waals surface area contributed by atoms with Crippen LogP contribution in [-0.4, -0.2) is 42.7 Å². The molecule has 1 heterocycles. The second-order valence-corrected chi connectivity index (χ2v) is 3.70. The molecule has 3 nitrogen and oxygen atoms in total. The molecule has 2 atom stereocenters. The fourth-order valence-electron chi connectivity index (χ4n) is 1.35. The van der Waals surface area contributed by atoms with Crippen molar-refractivity contribution in [2.75, 3.05) is 19.8 Å². The largest absolute Gasteiger partial charge is 0.416 e. The minimum atomic E-state index is -4.59. The summed E-state index contributed by atoms with van der Waals surface area (Å²) in [5.74, 6) is 0. The third kappa shape index (κ3) is 2.83. The number of rotatable bonds is 2. The smallest absolute Gasteiger partial charge is 0.381 e. The van der Waals surface area contributed by atoms with Gasteiger partial charge in [0.05, 0.1) is 13.2 Å². The zero-order chi connectivity index (χ0) is 10.8. The van der Waals surface area contributed by atoms with E-state index in [1.807, 2.05) is 0 Å². The molecule has 0 aliphatic carbocycles. The monoisotopic (exact) mass is 213 g/mol. The zero-order valence-corrected chi connectivity index (χ0v) is 7.90. The van der Waals surface area contributed by atoms with E-state index in [-0.39, 0.29) is 13.0 Å². The van der Waals surface area contributed by atoms with Crippen molar-refractivity contribution in [3.05, 3.63) is 0 Å². The molecule has 1 fully saturated rings. The number of ether oxygens (including phenoxy) is 1. The molecule has 1 rings (SSSR count).